The van der Waals surface area contributed by atoms with Gasteiger partial charge in [0.05, 0.1) is 0 Å². The van der Waals surface area contributed by atoms with Crippen molar-refractivity contribution >= 4 is 5.57 Å². The van der Waals surface area contributed by atoms with Crippen LogP contribution in [0, 0.1) is 6.92 Å². The van der Waals surface area contributed by atoms with Crippen molar-refractivity contribution in [1.82, 2.24) is 0 Å². The summed E-state index contributed by atoms with van der Waals surface area (Å²) in [5.74, 6) is 0. The predicted molar refractivity (Wildman–Crippen MR) is 110 cm³/mol. The van der Waals surface area contributed by atoms with Gasteiger partial charge >= 0.3 is 0 Å². The number of rotatable bonds is 5. The summed E-state index contributed by atoms with van der Waals surface area (Å²) in [5.41, 5.74) is 8.42. The van der Waals surface area contributed by atoms with Crippen LogP contribution in [-0.2, 0) is 0 Å². The zero-order chi connectivity index (χ0) is 17.6. The Balaban J connectivity index is 1.95. The highest BCUT2D eigenvalue weighted by Gasteiger charge is 2.03. The molecule has 3 rings (SSSR count). The van der Waals surface area contributed by atoms with Crippen LogP contribution in [0.25, 0.3) is 27.8 Å². The van der Waals surface area contributed by atoms with Crippen molar-refractivity contribution < 1.29 is 0 Å². The molecule has 3 aromatic carbocycles. The van der Waals surface area contributed by atoms with Gasteiger partial charge in [0.2, 0.25) is 0 Å². The lowest BCUT2D eigenvalue weighted by molar-refractivity contribution is 1.47. The molecule has 0 saturated heterocycles. The zero-order valence-electron chi connectivity index (χ0n) is 14.6. The fraction of sp³-hybridized carbons (Fsp3) is 0.0400. The van der Waals surface area contributed by atoms with Crippen molar-refractivity contribution in [3.8, 4) is 22.3 Å². The van der Waals surface area contributed by atoms with E-state index in [9.17, 15) is 0 Å². The summed E-state index contributed by atoms with van der Waals surface area (Å²) in [6.45, 7) is 9.76. The van der Waals surface area contributed by atoms with Gasteiger partial charge in [0.1, 0.15) is 0 Å². The molecule has 25 heavy (non-hydrogen) atoms. The Morgan fingerprint density at radius 3 is 1.92 bits per heavy atom. The maximum absolute atomic E-state index is 3.87. The molecule has 0 N–H and O–H groups in total. The highest BCUT2D eigenvalue weighted by Crippen LogP contribution is 2.28. The molecule has 0 bridgehead atoms. The first-order valence-electron chi connectivity index (χ1n) is 8.44. The monoisotopic (exact) mass is 322 g/mol. The molecule has 0 atom stereocenters. The molecule has 0 nitrogen and oxygen atoms in total. The standard InChI is InChI=1S/C25H22/c1-4-8-20(5-2)21-13-15-22(16-14-21)24-11-7-12-25(18-24)23-10-6-9-19(3)17-23/h4-18H,1-2H2,3H3/b20-8+. The smallest absolute Gasteiger partial charge is 0.0178 e. The minimum atomic E-state index is 1.08. The lowest BCUT2D eigenvalue weighted by Crippen LogP contribution is -1.84. The van der Waals surface area contributed by atoms with Gasteiger partial charge in [-0.25, -0.2) is 0 Å². The Hall–Kier alpha value is -3.12. The second-order valence-corrected chi connectivity index (χ2v) is 6.09. The summed E-state index contributed by atoms with van der Waals surface area (Å²) in [7, 11) is 0. The maximum atomic E-state index is 3.87. The molecule has 0 amide bonds. The normalized spacial score (nSPS) is 11.2. The number of aryl methyl sites for hydroxylation is 1. The van der Waals surface area contributed by atoms with Gasteiger partial charge in [-0.3, -0.25) is 0 Å². The van der Waals surface area contributed by atoms with Gasteiger partial charge in [0, 0.05) is 0 Å². The van der Waals surface area contributed by atoms with Gasteiger partial charge < -0.3 is 0 Å². The Morgan fingerprint density at radius 2 is 1.32 bits per heavy atom. The molecule has 0 fully saturated rings. The van der Waals surface area contributed by atoms with Crippen LogP contribution in [0.4, 0.5) is 0 Å². The van der Waals surface area contributed by atoms with Crippen LogP contribution in [0.1, 0.15) is 11.1 Å². The maximum Gasteiger partial charge on any atom is -0.0178 e. The second kappa shape index (κ2) is 7.63. The lowest BCUT2D eigenvalue weighted by atomic mass is 9.96. The van der Waals surface area contributed by atoms with Gasteiger partial charge in [-0.1, -0.05) is 104 Å². The Labute approximate surface area is 150 Å². The van der Waals surface area contributed by atoms with Crippen LogP contribution < -0.4 is 0 Å². The van der Waals surface area contributed by atoms with Gasteiger partial charge in [0.15, 0.2) is 0 Å². The lowest BCUT2D eigenvalue weighted by Gasteiger charge is -2.08. The summed E-state index contributed by atoms with van der Waals surface area (Å²) >= 11 is 0. The molecule has 0 aliphatic heterocycles. The van der Waals surface area contributed by atoms with Crippen LogP contribution >= 0.6 is 0 Å². The molecule has 0 saturated carbocycles. The molecule has 0 aromatic heterocycles. The first kappa shape index (κ1) is 16.7. The summed E-state index contributed by atoms with van der Waals surface area (Å²) < 4.78 is 0. The summed E-state index contributed by atoms with van der Waals surface area (Å²) in [4.78, 5) is 0. The zero-order valence-corrected chi connectivity index (χ0v) is 14.6. The van der Waals surface area contributed by atoms with Crippen LogP contribution in [0.2, 0.25) is 0 Å². The van der Waals surface area contributed by atoms with E-state index in [1.807, 2.05) is 12.2 Å². The van der Waals surface area contributed by atoms with Crippen LogP contribution in [0.5, 0.6) is 0 Å². The highest BCUT2D eigenvalue weighted by molar-refractivity contribution is 5.78. The Bertz CT molecular complexity index is 924. The third kappa shape index (κ3) is 3.87. The fourth-order valence-electron chi connectivity index (χ4n) is 2.97. The molecule has 0 unspecified atom stereocenters. The van der Waals surface area contributed by atoms with E-state index >= 15 is 0 Å². The molecule has 0 aliphatic rings. The second-order valence-electron chi connectivity index (χ2n) is 6.09. The van der Waals surface area contributed by atoms with Crippen molar-refractivity contribution in [3.63, 3.8) is 0 Å². The van der Waals surface area contributed by atoms with E-state index < -0.39 is 0 Å². The van der Waals surface area contributed by atoms with Gasteiger partial charge in [-0.05, 0) is 46.4 Å². The minimum absolute atomic E-state index is 1.08. The van der Waals surface area contributed by atoms with Crippen molar-refractivity contribution in [1.29, 1.82) is 0 Å². The molecular weight excluding hydrogens is 300 g/mol. The molecule has 3 aromatic rings. The van der Waals surface area contributed by atoms with Crippen molar-refractivity contribution in [2.45, 2.75) is 6.92 Å². The summed E-state index contributed by atoms with van der Waals surface area (Å²) in [6.07, 6.45) is 5.62. The summed E-state index contributed by atoms with van der Waals surface area (Å²) in [6, 6.07) is 25.9. The quantitative estimate of drug-likeness (QED) is 0.440. The van der Waals surface area contributed by atoms with Crippen molar-refractivity contribution in [2.75, 3.05) is 0 Å². The van der Waals surface area contributed by atoms with E-state index in [1.54, 1.807) is 6.08 Å². The summed E-state index contributed by atoms with van der Waals surface area (Å²) in [5, 5.41) is 0. The highest BCUT2D eigenvalue weighted by atomic mass is 14.1. The number of allylic oxidation sites excluding steroid dienone is 4. The minimum Gasteiger partial charge on any atom is -0.0990 e. The molecular formula is C25H22. The van der Waals surface area contributed by atoms with Crippen LogP contribution in [0.3, 0.4) is 0 Å². The number of benzene rings is 3. The predicted octanol–water partition coefficient (Wildman–Crippen LogP) is 7.08. The third-order valence-electron chi connectivity index (χ3n) is 4.28. The van der Waals surface area contributed by atoms with Gasteiger partial charge in [-0.15, -0.1) is 0 Å². The molecule has 0 aliphatic carbocycles. The average Bonchev–Trinajstić information content (AvgIpc) is 2.66. The van der Waals surface area contributed by atoms with Crippen molar-refractivity contribution in [2.24, 2.45) is 0 Å². The van der Waals surface area contributed by atoms with Crippen molar-refractivity contribution in [3.05, 3.63) is 115 Å². The SMILES string of the molecule is C=C/C=C(\C=C)c1ccc(-c2cccc(-c3cccc(C)c3)c2)cc1. The van der Waals surface area contributed by atoms with E-state index in [4.69, 9.17) is 0 Å². The molecule has 122 valence electrons. The van der Waals surface area contributed by atoms with E-state index in [-0.39, 0.29) is 0 Å². The Kier molecular flexibility index (Phi) is 5.11. The van der Waals surface area contributed by atoms with E-state index in [0.717, 1.165) is 11.1 Å². The van der Waals surface area contributed by atoms with E-state index in [0.29, 0.717) is 0 Å². The van der Waals surface area contributed by atoms with Gasteiger partial charge in [0.25, 0.3) is 0 Å². The largest absolute Gasteiger partial charge is 0.0990 e. The number of hydrogen-bond donors (Lipinski definition) is 0. The average molecular weight is 322 g/mol. The topological polar surface area (TPSA) is 0 Å². The van der Waals surface area contributed by atoms with Crippen LogP contribution in [-0.4, -0.2) is 0 Å². The Morgan fingerprint density at radius 1 is 0.720 bits per heavy atom. The fourth-order valence-corrected chi connectivity index (χ4v) is 2.97. The first-order valence-corrected chi connectivity index (χ1v) is 8.44. The molecule has 0 heterocycles. The van der Waals surface area contributed by atoms with Gasteiger partial charge in [-0.2, -0.15) is 0 Å². The van der Waals surface area contributed by atoms with E-state index in [1.165, 1.54) is 27.8 Å². The molecule has 0 radical (unpaired) electrons. The van der Waals surface area contributed by atoms with E-state index in [2.05, 4.69) is 92.9 Å². The molecule has 0 spiro atoms. The van der Waals surface area contributed by atoms with Crippen LogP contribution in [0.15, 0.2) is 104 Å². The third-order valence-corrected chi connectivity index (χ3v) is 4.28. The first-order chi connectivity index (χ1) is 12.2. The molecule has 0 heteroatoms. The number of hydrogen-bond acceptors (Lipinski definition) is 0.